The number of nitrogens with zero attached hydrogens (tertiary/aromatic N) is 5. The van der Waals surface area contributed by atoms with Gasteiger partial charge in [-0.15, -0.1) is 5.10 Å². The Morgan fingerprint density at radius 2 is 1.89 bits per heavy atom. The van der Waals surface area contributed by atoms with Crippen LogP contribution >= 0.6 is 0 Å². The van der Waals surface area contributed by atoms with Crippen LogP contribution in [0.4, 0.5) is 4.39 Å². The summed E-state index contributed by atoms with van der Waals surface area (Å²) in [5.74, 6) is -0.271. The lowest BCUT2D eigenvalue weighted by atomic mass is 10.0. The first kappa shape index (κ1) is 26.2. The van der Waals surface area contributed by atoms with Crippen LogP contribution in [-0.2, 0) is 29.2 Å². The van der Waals surface area contributed by atoms with Gasteiger partial charge in [-0.25, -0.2) is 9.07 Å². The van der Waals surface area contributed by atoms with Gasteiger partial charge in [0.1, 0.15) is 12.4 Å². The number of fused-ring (bicyclic) bond motifs is 1. The van der Waals surface area contributed by atoms with Gasteiger partial charge in [-0.05, 0) is 78.6 Å². The second-order valence-electron chi connectivity index (χ2n) is 9.12. The van der Waals surface area contributed by atoms with Crippen LogP contribution in [0.5, 0.6) is 0 Å². The molecular formula is C27H31FN6O3. The predicted molar refractivity (Wildman–Crippen MR) is 137 cm³/mol. The fourth-order valence-electron chi connectivity index (χ4n) is 4.65. The Labute approximate surface area is 214 Å². The number of aromatic nitrogens is 5. The van der Waals surface area contributed by atoms with Crippen molar-refractivity contribution in [3.05, 3.63) is 86.7 Å². The van der Waals surface area contributed by atoms with Crippen molar-refractivity contribution < 1.29 is 13.9 Å². The summed E-state index contributed by atoms with van der Waals surface area (Å²) < 4.78 is 20.1. The van der Waals surface area contributed by atoms with Crippen molar-refractivity contribution in [1.82, 2.24) is 30.1 Å². The molecule has 10 heteroatoms. The maximum absolute atomic E-state index is 13.6. The normalized spacial score (nSPS) is 12.3. The maximum atomic E-state index is 13.6. The minimum Gasteiger partial charge on any atom is -0.465 e. The van der Waals surface area contributed by atoms with Gasteiger partial charge >= 0.3 is 5.97 Å². The number of rotatable bonds is 10. The first-order valence-electron chi connectivity index (χ1n) is 12.3. The number of H-pyrrole nitrogens is 1. The molecule has 4 rings (SSSR count). The Morgan fingerprint density at radius 3 is 2.59 bits per heavy atom. The van der Waals surface area contributed by atoms with Crippen molar-refractivity contribution >= 4 is 16.9 Å². The predicted octanol–water partition coefficient (Wildman–Crippen LogP) is 3.99. The highest BCUT2D eigenvalue weighted by Crippen LogP contribution is 2.27. The van der Waals surface area contributed by atoms with Gasteiger partial charge in [-0.1, -0.05) is 25.1 Å². The van der Waals surface area contributed by atoms with Crippen LogP contribution in [0.15, 0.2) is 47.3 Å². The fourth-order valence-corrected chi connectivity index (χ4v) is 4.65. The SMILES string of the molecule is CCOC(=O)Cn1nnnc1[C@@H](CC)N(Cc1ccc(F)cc1)Cc1cc2c(C)cc(C)cc2[nH]c1=O. The summed E-state index contributed by atoms with van der Waals surface area (Å²) in [5.41, 5.74) is 4.22. The number of tetrazole rings is 1. The Morgan fingerprint density at radius 1 is 1.14 bits per heavy atom. The number of ether oxygens (including phenoxy) is 1. The van der Waals surface area contributed by atoms with E-state index in [0.717, 1.165) is 27.6 Å². The van der Waals surface area contributed by atoms with E-state index in [-0.39, 0.29) is 30.6 Å². The molecule has 2 aromatic carbocycles. The van der Waals surface area contributed by atoms with Crippen molar-refractivity contribution in [2.75, 3.05) is 6.61 Å². The summed E-state index contributed by atoms with van der Waals surface area (Å²) in [6.07, 6.45) is 0.605. The number of hydrogen-bond donors (Lipinski definition) is 1. The third-order valence-corrected chi connectivity index (χ3v) is 6.33. The van der Waals surface area contributed by atoms with Gasteiger partial charge in [-0.3, -0.25) is 14.5 Å². The average molecular weight is 507 g/mol. The third-order valence-electron chi connectivity index (χ3n) is 6.33. The monoisotopic (exact) mass is 506 g/mol. The van der Waals surface area contributed by atoms with Gasteiger partial charge in [0.2, 0.25) is 0 Å². The van der Waals surface area contributed by atoms with Crippen molar-refractivity contribution in [2.24, 2.45) is 0 Å². The quantitative estimate of drug-likeness (QED) is 0.324. The number of carbonyl (C=O) groups is 1. The average Bonchev–Trinajstić information content (AvgIpc) is 3.29. The lowest BCUT2D eigenvalue weighted by Crippen LogP contribution is -2.33. The summed E-state index contributed by atoms with van der Waals surface area (Å²) in [5, 5.41) is 13.0. The molecule has 0 unspecified atom stereocenters. The lowest BCUT2D eigenvalue weighted by Gasteiger charge is -2.30. The number of halogens is 1. The first-order chi connectivity index (χ1) is 17.8. The molecule has 4 aromatic rings. The third kappa shape index (κ3) is 6.08. The minimum atomic E-state index is -0.437. The van der Waals surface area contributed by atoms with Crippen LogP contribution in [0.3, 0.4) is 0 Å². The van der Waals surface area contributed by atoms with Crippen LogP contribution in [-0.4, -0.2) is 42.7 Å². The second-order valence-corrected chi connectivity index (χ2v) is 9.12. The largest absolute Gasteiger partial charge is 0.465 e. The molecule has 2 heterocycles. The number of benzene rings is 2. The van der Waals surface area contributed by atoms with Crippen LogP contribution in [0, 0.1) is 19.7 Å². The van der Waals surface area contributed by atoms with E-state index < -0.39 is 5.97 Å². The van der Waals surface area contributed by atoms with Gasteiger partial charge in [0, 0.05) is 29.6 Å². The van der Waals surface area contributed by atoms with Crippen molar-refractivity contribution in [3.8, 4) is 0 Å². The minimum absolute atomic E-state index is 0.119. The molecule has 0 aliphatic rings. The highest BCUT2D eigenvalue weighted by atomic mass is 19.1. The Kier molecular flexibility index (Phi) is 8.08. The molecule has 0 amide bonds. The van der Waals surface area contributed by atoms with E-state index in [0.29, 0.717) is 30.9 Å². The number of carbonyl (C=O) groups excluding carboxylic acids is 1. The molecule has 0 aliphatic carbocycles. The first-order valence-corrected chi connectivity index (χ1v) is 12.3. The number of esters is 1. The van der Waals surface area contributed by atoms with Gasteiger partial charge < -0.3 is 9.72 Å². The highest BCUT2D eigenvalue weighted by molar-refractivity contribution is 5.83. The van der Waals surface area contributed by atoms with Crippen LogP contribution in [0.2, 0.25) is 0 Å². The molecule has 2 aromatic heterocycles. The van der Waals surface area contributed by atoms with E-state index >= 15 is 0 Å². The number of aromatic amines is 1. The fraction of sp³-hybridized carbons (Fsp3) is 0.370. The number of pyridine rings is 1. The molecule has 1 atom stereocenters. The van der Waals surface area contributed by atoms with Gasteiger partial charge in [0.05, 0.1) is 12.6 Å². The van der Waals surface area contributed by atoms with Gasteiger partial charge in [0.25, 0.3) is 5.56 Å². The number of aryl methyl sites for hydroxylation is 2. The Balaban J connectivity index is 1.74. The highest BCUT2D eigenvalue weighted by Gasteiger charge is 2.27. The zero-order valence-electron chi connectivity index (χ0n) is 21.5. The molecular weight excluding hydrogens is 475 g/mol. The molecule has 0 aliphatic heterocycles. The topological polar surface area (TPSA) is 106 Å². The van der Waals surface area contributed by atoms with E-state index in [2.05, 4.69) is 31.5 Å². The van der Waals surface area contributed by atoms with Gasteiger partial charge in [0.15, 0.2) is 5.82 Å². The van der Waals surface area contributed by atoms with E-state index in [4.69, 9.17) is 4.74 Å². The molecule has 0 saturated heterocycles. The van der Waals surface area contributed by atoms with Crippen molar-refractivity contribution in [2.45, 2.75) is 59.8 Å². The molecule has 0 radical (unpaired) electrons. The van der Waals surface area contributed by atoms with Crippen LogP contribution in [0.1, 0.15) is 54.4 Å². The standard InChI is InChI=1S/C27H31FN6O3/c1-5-24(26-30-31-32-34(26)16-25(35)37-6-2)33(14-19-7-9-21(28)10-8-19)15-20-13-22-18(4)11-17(3)12-23(22)29-27(20)36/h7-13,24H,5-6,14-16H2,1-4H3,(H,29,36)/t24-/m1/s1. The van der Waals surface area contributed by atoms with E-state index in [1.54, 1.807) is 19.1 Å². The van der Waals surface area contributed by atoms with Gasteiger partial charge in [-0.2, -0.15) is 0 Å². The lowest BCUT2D eigenvalue weighted by molar-refractivity contribution is -0.144. The summed E-state index contributed by atoms with van der Waals surface area (Å²) in [6, 6.07) is 11.9. The molecule has 0 fully saturated rings. The molecule has 194 valence electrons. The van der Waals surface area contributed by atoms with Crippen molar-refractivity contribution in [1.29, 1.82) is 0 Å². The number of hydrogen-bond acceptors (Lipinski definition) is 7. The van der Waals surface area contributed by atoms with Crippen molar-refractivity contribution in [3.63, 3.8) is 0 Å². The zero-order chi connectivity index (χ0) is 26.5. The summed E-state index contributed by atoms with van der Waals surface area (Å²) >= 11 is 0. The second kappa shape index (κ2) is 11.4. The Bertz CT molecular complexity index is 1450. The Hall–Kier alpha value is -3.92. The molecule has 1 N–H and O–H groups in total. The summed E-state index contributed by atoms with van der Waals surface area (Å²) in [6.45, 7) is 8.59. The maximum Gasteiger partial charge on any atom is 0.327 e. The zero-order valence-corrected chi connectivity index (χ0v) is 21.5. The van der Waals surface area contributed by atoms with Crippen LogP contribution in [0.25, 0.3) is 10.9 Å². The van der Waals surface area contributed by atoms with E-state index in [1.807, 2.05) is 32.9 Å². The smallest absolute Gasteiger partial charge is 0.327 e. The molecule has 0 bridgehead atoms. The van der Waals surface area contributed by atoms with E-state index in [9.17, 15) is 14.0 Å². The van der Waals surface area contributed by atoms with E-state index in [1.165, 1.54) is 16.8 Å². The summed E-state index contributed by atoms with van der Waals surface area (Å²) in [4.78, 5) is 30.4. The molecule has 0 spiro atoms. The summed E-state index contributed by atoms with van der Waals surface area (Å²) in [7, 11) is 0. The number of nitrogens with one attached hydrogen (secondary N) is 1. The molecule has 0 saturated carbocycles. The molecule has 9 nitrogen and oxygen atoms in total. The van der Waals surface area contributed by atoms with Crippen LogP contribution < -0.4 is 5.56 Å². The molecule has 37 heavy (non-hydrogen) atoms.